The van der Waals surface area contributed by atoms with Crippen LogP contribution in [0.2, 0.25) is 0 Å². The highest BCUT2D eigenvalue weighted by Gasteiger charge is 2.64. The Kier molecular flexibility index (Phi) is 4.77. The molecule has 8 nitrogen and oxygen atoms in total. The number of carbonyl (C=O) groups excluding carboxylic acids is 3. The van der Waals surface area contributed by atoms with Gasteiger partial charge in [-0.1, -0.05) is 26.8 Å². The van der Waals surface area contributed by atoms with E-state index in [9.17, 15) is 24.5 Å². The van der Waals surface area contributed by atoms with Crippen molar-refractivity contribution in [1.29, 1.82) is 0 Å². The lowest BCUT2D eigenvalue weighted by Crippen LogP contribution is -2.59. The van der Waals surface area contributed by atoms with E-state index in [1.54, 1.807) is 13.0 Å². The molecule has 2 bridgehead atoms. The van der Waals surface area contributed by atoms with Crippen molar-refractivity contribution in [2.24, 2.45) is 16.7 Å². The van der Waals surface area contributed by atoms with Crippen molar-refractivity contribution in [2.45, 2.75) is 47.0 Å². The fourth-order valence-electron chi connectivity index (χ4n) is 4.44. The monoisotopic (exact) mass is 387 g/mol. The number of nitro groups is 1. The van der Waals surface area contributed by atoms with Gasteiger partial charge in [0.15, 0.2) is 0 Å². The molecule has 2 unspecified atom stereocenters. The fraction of sp³-hybridized carbons (Fsp3) is 0.550. The van der Waals surface area contributed by atoms with E-state index < -0.39 is 21.7 Å². The quantitative estimate of drug-likeness (QED) is 0.474. The molecule has 28 heavy (non-hydrogen) atoms. The zero-order valence-electron chi connectivity index (χ0n) is 16.6. The first-order valence-electron chi connectivity index (χ1n) is 9.40. The molecule has 0 radical (unpaired) electrons. The van der Waals surface area contributed by atoms with Crippen molar-refractivity contribution in [3.8, 4) is 0 Å². The molecule has 2 atom stereocenters. The van der Waals surface area contributed by atoms with Gasteiger partial charge in [0.25, 0.3) is 5.69 Å². The van der Waals surface area contributed by atoms with Gasteiger partial charge in [0.1, 0.15) is 5.69 Å². The van der Waals surface area contributed by atoms with Gasteiger partial charge in [0.05, 0.1) is 10.3 Å². The molecule has 1 aromatic rings. The van der Waals surface area contributed by atoms with Crippen LogP contribution in [0.25, 0.3) is 0 Å². The summed E-state index contributed by atoms with van der Waals surface area (Å²) in [4.78, 5) is 49.9. The first-order valence-corrected chi connectivity index (χ1v) is 9.40. The number of fused-ring (bicyclic) bond motifs is 2. The zero-order valence-corrected chi connectivity index (χ0v) is 16.6. The topological polar surface area (TPSA) is 110 Å². The third-order valence-electron chi connectivity index (χ3n) is 6.69. The van der Waals surface area contributed by atoms with E-state index in [-0.39, 0.29) is 42.1 Å². The van der Waals surface area contributed by atoms with Gasteiger partial charge in [-0.3, -0.25) is 29.4 Å². The van der Waals surface area contributed by atoms with E-state index >= 15 is 0 Å². The number of hydrogen-bond donors (Lipinski definition) is 1. The molecule has 3 amide bonds. The minimum Gasteiger partial charge on any atom is -0.320 e. The minimum absolute atomic E-state index is 0.0225. The predicted octanol–water partition coefficient (Wildman–Crippen LogP) is 3.04. The molecule has 2 fully saturated rings. The average Bonchev–Trinajstić information content (AvgIpc) is 2.80. The lowest BCUT2D eigenvalue weighted by Gasteiger charge is -2.47. The number of rotatable bonds is 5. The largest absolute Gasteiger partial charge is 0.320 e. The number of amides is 3. The summed E-state index contributed by atoms with van der Waals surface area (Å²) in [5, 5.41) is 13.7. The van der Waals surface area contributed by atoms with Crippen molar-refractivity contribution in [2.75, 3.05) is 11.9 Å². The van der Waals surface area contributed by atoms with E-state index in [1.807, 2.05) is 20.8 Å². The standard InChI is InChI=1S/C20H25N3O5/c1-12-5-6-14(15(11-12)23(27)28)21-16(24)8-10-22-17(25)13-7-9-20(4,18(22)26)19(13,2)3/h5-6,11,13H,7-10H2,1-4H3,(H,21,24). The summed E-state index contributed by atoms with van der Waals surface area (Å²) in [7, 11) is 0. The van der Waals surface area contributed by atoms with Gasteiger partial charge in [-0.25, -0.2) is 0 Å². The molecule has 3 rings (SSSR count). The van der Waals surface area contributed by atoms with Gasteiger partial charge in [-0.15, -0.1) is 0 Å². The highest BCUT2D eigenvalue weighted by Crippen LogP contribution is 2.60. The smallest absolute Gasteiger partial charge is 0.293 e. The van der Waals surface area contributed by atoms with Gasteiger partial charge < -0.3 is 5.32 Å². The van der Waals surface area contributed by atoms with Crippen molar-refractivity contribution < 1.29 is 19.3 Å². The molecule has 1 N–H and O–H groups in total. The first-order chi connectivity index (χ1) is 13.0. The van der Waals surface area contributed by atoms with Crippen LogP contribution in [0.1, 0.15) is 45.6 Å². The highest BCUT2D eigenvalue weighted by atomic mass is 16.6. The lowest BCUT2D eigenvalue weighted by atomic mass is 9.62. The van der Waals surface area contributed by atoms with E-state index in [0.29, 0.717) is 18.4 Å². The molecule has 1 aliphatic heterocycles. The van der Waals surface area contributed by atoms with Crippen LogP contribution < -0.4 is 5.32 Å². The van der Waals surface area contributed by atoms with Crippen LogP contribution in [0.3, 0.4) is 0 Å². The van der Waals surface area contributed by atoms with Gasteiger partial charge in [0, 0.05) is 24.9 Å². The molecular formula is C20H25N3O5. The zero-order chi connectivity index (χ0) is 20.9. The normalized spacial score (nSPS) is 25.7. The Morgan fingerprint density at radius 2 is 2.00 bits per heavy atom. The number of nitrogens with one attached hydrogen (secondary N) is 1. The maximum atomic E-state index is 13.0. The number of benzene rings is 1. The molecule has 0 aromatic heterocycles. The van der Waals surface area contributed by atoms with Crippen molar-refractivity contribution in [3.05, 3.63) is 33.9 Å². The van der Waals surface area contributed by atoms with Gasteiger partial charge in [-0.2, -0.15) is 0 Å². The van der Waals surface area contributed by atoms with Crippen LogP contribution >= 0.6 is 0 Å². The van der Waals surface area contributed by atoms with Crippen molar-refractivity contribution in [3.63, 3.8) is 0 Å². The SMILES string of the molecule is Cc1ccc(NC(=O)CCN2C(=O)C3CCC(C)(C2=O)C3(C)C)c([N+](=O)[O-])c1. The molecular weight excluding hydrogens is 362 g/mol. The Hall–Kier alpha value is -2.77. The number of piperidine rings is 1. The molecule has 150 valence electrons. The van der Waals surface area contributed by atoms with E-state index in [4.69, 9.17) is 0 Å². The Morgan fingerprint density at radius 1 is 1.32 bits per heavy atom. The molecule has 8 heteroatoms. The molecule has 0 spiro atoms. The molecule has 2 aliphatic rings. The number of aryl methyl sites for hydroxylation is 1. The average molecular weight is 387 g/mol. The Balaban J connectivity index is 1.70. The second kappa shape index (κ2) is 6.68. The van der Waals surface area contributed by atoms with E-state index in [1.165, 1.54) is 17.0 Å². The Morgan fingerprint density at radius 3 is 2.64 bits per heavy atom. The number of carbonyl (C=O) groups is 3. The van der Waals surface area contributed by atoms with Crippen LogP contribution in [0, 0.1) is 33.8 Å². The summed E-state index contributed by atoms with van der Waals surface area (Å²) in [6, 6.07) is 4.53. The first kappa shape index (κ1) is 20.0. The Bertz CT molecular complexity index is 879. The summed E-state index contributed by atoms with van der Waals surface area (Å²) in [6.07, 6.45) is 1.23. The summed E-state index contributed by atoms with van der Waals surface area (Å²) >= 11 is 0. The maximum absolute atomic E-state index is 13.0. The van der Waals surface area contributed by atoms with E-state index in [0.717, 1.165) is 0 Å². The van der Waals surface area contributed by atoms with Gasteiger partial charge in [0.2, 0.25) is 17.7 Å². The van der Waals surface area contributed by atoms with Crippen molar-refractivity contribution in [1.82, 2.24) is 4.90 Å². The number of nitrogens with zero attached hydrogens (tertiary/aromatic N) is 2. The fourth-order valence-corrected chi connectivity index (χ4v) is 4.44. The van der Waals surface area contributed by atoms with Crippen LogP contribution in [0.15, 0.2) is 18.2 Å². The van der Waals surface area contributed by atoms with E-state index in [2.05, 4.69) is 5.32 Å². The van der Waals surface area contributed by atoms with Gasteiger partial charge >= 0.3 is 0 Å². The molecule has 1 heterocycles. The second-order valence-electron chi connectivity index (χ2n) is 8.52. The molecule has 1 saturated heterocycles. The molecule has 1 aliphatic carbocycles. The number of likely N-dealkylation sites (tertiary alicyclic amines) is 1. The number of imide groups is 1. The van der Waals surface area contributed by atoms with Crippen molar-refractivity contribution >= 4 is 29.1 Å². The predicted molar refractivity (Wildman–Crippen MR) is 102 cm³/mol. The maximum Gasteiger partial charge on any atom is 0.293 e. The van der Waals surface area contributed by atoms with Crippen LogP contribution in [-0.4, -0.2) is 34.1 Å². The third-order valence-corrected chi connectivity index (χ3v) is 6.69. The Labute approximate surface area is 163 Å². The lowest BCUT2D eigenvalue weighted by molar-refractivity contribution is -0.384. The minimum atomic E-state index is -0.613. The third kappa shape index (κ3) is 2.96. The summed E-state index contributed by atoms with van der Waals surface area (Å²) in [6.45, 7) is 7.51. The van der Waals surface area contributed by atoms with Gasteiger partial charge in [-0.05, 0) is 36.8 Å². The second-order valence-corrected chi connectivity index (χ2v) is 8.52. The summed E-state index contributed by atoms with van der Waals surface area (Å²) in [5.41, 5.74) is -0.392. The number of nitro benzene ring substituents is 1. The van der Waals surface area contributed by atoms with Crippen LogP contribution in [-0.2, 0) is 14.4 Å². The summed E-state index contributed by atoms with van der Waals surface area (Å²) < 4.78 is 0. The molecule has 1 saturated carbocycles. The van der Waals surface area contributed by atoms with Crippen LogP contribution in [0.5, 0.6) is 0 Å². The van der Waals surface area contributed by atoms with Crippen LogP contribution in [0.4, 0.5) is 11.4 Å². The number of hydrogen-bond acceptors (Lipinski definition) is 5. The number of anilines is 1. The highest BCUT2D eigenvalue weighted by molar-refractivity contribution is 6.04. The summed E-state index contributed by atoms with van der Waals surface area (Å²) in [5.74, 6) is -1.16. The molecule has 1 aromatic carbocycles.